The standard InChI is InChI=1S/C15H17ClF2N2/c1-15(6-2-7-15)9-20-12(5-8-16)19-11-4-3-10(17)13(18)14(11)20/h3-4H,2,5-9H2,1H3. The van der Waals surface area contributed by atoms with Gasteiger partial charge in [-0.15, -0.1) is 11.6 Å². The first-order valence-corrected chi connectivity index (χ1v) is 7.47. The van der Waals surface area contributed by atoms with E-state index in [-0.39, 0.29) is 10.9 Å². The average Bonchev–Trinajstić information content (AvgIpc) is 2.71. The van der Waals surface area contributed by atoms with Gasteiger partial charge in [-0.3, -0.25) is 0 Å². The molecule has 0 saturated heterocycles. The number of hydrogen-bond donors (Lipinski definition) is 0. The number of fused-ring (bicyclic) bond motifs is 1. The first-order chi connectivity index (χ1) is 9.54. The van der Waals surface area contributed by atoms with Crippen molar-refractivity contribution in [3.63, 3.8) is 0 Å². The molecule has 108 valence electrons. The Bertz CT molecular complexity index is 647. The number of nitrogens with zero attached hydrogens (tertiary/aromatic N) is 2. The molecule has 0 amide bonds. The van der Waals surface area contributed by atoms with Gasteiger partial charge in [0.1, 0.15) is 11.3 Å². The molecule has 0 aliphatic heterocycles. The zero-order valence-corrected chi connectivity index (χ0v) is 12.2. The largest absolute Gasteiger partial charge is 0.325 e. The summed E-state index contributed by atoms with van der Waals surface area (Å²) < 4.78 is 29.5. The van der Waals surface area contributed by atoms with Crippen LogP contribution in [0.5, 0.6) is 0 Å². The lowest BCUT2D eigenvalue weighted by molar-refractivity contribution is 0.132. The van der Waals surface area contributed by atoms with E-state index in [1.807, 2.05) is 4.57 Å². The summed E-state index contributed by atoms with van der Waals surface area (Å²) in [7, 11) is 0. The van der Waals surface area contributed by atoms with Gasteiger partial charge in [0.25, 0.3) is 0 Å². The van der Waals surface area contributed by atoms with Gasteiger partial charge in [0.2, 0.25) is 0 Å². The fraction of sp³-hybridized carbons (Fsp3) is 0.533. The lowest BCUT2D eigenvalue weighted by atomic mass is 9.70. The summed E-state index contributed by atoms with van der Waals surface area (Å²) in [5.74, 6) is -0.467. The number of aromatic nitrogens is 2. The highest BCUT2D eigenvalue weighted by Crippen LogP contribution is 2.42. The molecule has 1 aromatic carbocycles. The molecule has 1 fully saturated rings. The van der Waals surface area contributed by atoms with Crippen LogP contribution in [0, 0.1) is 17.0 Å². The van der Waals surface area contributed by atoms with Crippen LogP contribution >= 0.6 is 11.6 Å². The molecule has 2 aromatic rings. The number of aryl methyl sites for hydroxylation is 1. The van der Waals surface area contributed by atoms with Gasteiger partial charge < -0.3 is 4.57 Å². The molecular weight excluding hydrogens is 282 g/mol. The average molecular weight is 299 g/mol. The van der Waals surface area contributed by atoms with Crippen LogP contribution in [0.1, 0.15) is 32.0 Å². The fourth-order valence-corrected chi connectivity index (χ4v) is 3.14. The minimum Gasteiger partial charge on any atom is -0.325 e. The van der Waals surface area contributed by atoms with Gasteiger partial charge in [-0.25, -0.2) is 13.8 Å². The van der Waals surface area contributed by atoms with Gasteiger partial charge in [0.15, 0.2) is 11.6 Å². The summed E-state index contributed by atoms with van der Waals surface area (Å²) in [6.07, 6.45) is 3.99. The van der Waals surface area contributed by atoms with E-state index in [1.54, 1.807) is 0 Å². The highest BCUT2D eigenvalue weighted by molar-refractivity contribution is 6.17. The van der Waals surface area contributed by atoms with Crippen LogP contribution in [-0.4, -0.2) is 15.4 Å². The first-order valence-electron chi connectivity index (χ1n) is 6.93. The maximum atomic E-state index is 14.1. The van der Waals surface area contributed by atoms with Gasteiger partial charge in [0.05, 0.1) is 5.52 Å². The Morgan fingerprint density at radius 1 is 1.35 bits per heavy atom. The molecule has 1 saturated carbocycles. The van der Waals surface area contributed by atoms with Crippen molar-refractivity contribution in [1.29, 1.82) is 0 Å². The summed E-state index contributed by atoms with van der Waals surface area (Å²) in [6.45, 7) is 2.86. The number of imidazole rings is 1. The van der Waals surface area contributed by atoms with Crippen LogP contribution in [0.25, 0.3) is 11.0 Å². The summed E-state index contributed by atoms with van der Waals surface area (Å²) in [4.78, 5) is 4.42. The second-order valence-corrected chi connectivity index (χ2v) is 6.32. The van der Waals surface area contributed by atoms with Crippen LogP contribution in [0.2, 0.25) is 0 Å². The molecule has 0 N–H and O–H groups in total. The van der Waals surface area contributed by atoms with Crippen molar-refractivity contribution in [2.24, 2.45) is 5.41 Å². The molecule has 5 heteroatoms. The second kappa shape index (κ2) is 4.99. The molecule has 0 atom stereocenters. The zero-order chi connectivity index (χ0) is 14.3. The quantitative estimate of drug-likeness (QED) is 0.770. The monoisotopic (exact) mass is 298 g/mol. The van der Waals surface area contributed by atoms with E-state index in [1.165, 1.54) is 12.5 Å². The summed E-state index contributed by atoms with van der Waals surface area (Å²) >= 11 is 5.80. The second-order valence-electron chi connectivity index (χ2n) is 5.95. The van der Waals surface area contributed by atoms with E-state index >= 15 is 0 Å². The van der Waals surface area contributed by atoms with Crippen molar-refractivity contribution in [1.82, 2.24) is 9.55 Å². The van der Waals surface area contributed by atoms with E-state index in [9.17, 15) is 8.78 Å². The Labute approximate surface area is 121 Å². The predicted molar refractivity (Wildman–Crippen MR) is 76.0 cm³/mol. The highest BCUT2D eigenvalue weighted by atomic mass is 35.5. The minimum absolute atomic E-state index is 0.160. The van der Waals surface area contributed by atoms with Crippen LogP contribution in [0.4, 0.5) is 8.78 Å². The summed E-state index contributed by atoms with van der Waals surface area (Å²) in [5.41, 5.74) is 0.943. The summed E-state index contributed by atoms with van der Waals surface area (Å²) in [6, 6.07) is 2.66. The van der Waals surface area contributed by atoms with E-state index in [4.69, 9.17) is 11.6 Å². The van der Waals surface area contributed by atoms with Gasteiger partial charge in [-0.1, -0.05) is 13.3 Å². The normalized spacial score (nSPS) is 17.4. The molecule has 0 spiro atoms. The Kier molecular flexibility index (Phi) is 3.44. The molecule has 0 unspecified atom stereocenters. The molecule has 1 aliphatic rings. The number of halogens is 3. The van der Waals surface area contributed by atoms with Crippen LogP contribution in [-0.2, 0) is 13.0 Å². The molecule has 1 heterocycles. The van der Waals surface area contributed by atoms with Crippen molar-refractivity contribution in [2.45, 2.75) is 39.2 Å². The van der Waals surface area contributed by atoms with Gasteiger partial charge >= 0.3 is 0 Å². The van der Waals surface area contributed by atoms with Gasteiger partial charge in [-0.2, -0.15) is 0 Å². The van der Waals surface area contributed by atoms with Crippen LogP contribution in [0.15, 0.2) is 12.1 Å². The number of alkyl halides is 1. The van der Waals surface area contributed by atoms with E-state index in [0.29, 0.717) is 24.4 Å². The van der Waals surface area contributed by atoms with E-state index in [0.717, 1.165) is 24.7 Å². The topological polar surface area (TPSA) is 17.8 Å². The Morgan fingerprint density at radius 3 is 2.70 bits per heavy atom. The maximum absolute atomic E-state index is 14.1. The first kappa shape index (κ1) is 13.8. The van der Waals surface area contributed by atoms with Crippen molar-refractivity contribution < 1.29 is 8.78 Å². The molecule has 2 nitrogen and oxygen atoms in total. The predicted octanol–water partition coefficient (Wildman–Crippen LogP) is 4.29. The maximum Gasteiger partial charge on any atom is 0.184 e. The van der Waals surface area contributed by atoms with Crippen molar-refractivity contribution in [3.8, 4) is 0 Å². The summed E-state index contributed by atoms with van der Waals surface area (Å²) in [5, 5.41) is 0. The number of hydrogen-bond acceptors (Lipinski definition) is 1. The number of benzene rings is 1. The van der Waals surface area contributed by atoms with Crippen LogP contribution < -0.4 is 0 Å². The number of rotatable bonds is 4. The third kappa shape index (κ3) is 2.20. The Morgan fingerprint density at radius 2 is 2.10 bits per heavy atom. The molecule has 1 aliphatic carbocycles. The minimum atomic E-state index is -0.824. The SMILES string of the molecule is CC1(Cn2c(CCCl)nc3ccc(F)c(F)c32)CCC1. The molecule has 0 bridgehead atoms. The van der Waals surface area contributed by atoms with Crippen molar-refractivity contribution in [2.75, 3.05) is 5.88 Å². The molecule has 3 rings (SSSR count). The Balaban J connectivity index is 2.14. The molecule has 1 aromatic heterocycles. The van der Waals surface area contributed by atoms with Crippen molar-refractivity contribution in [3.05, 3.63) is 29.6 Å². The smallest absolute Gasteiger partial charge is 0.184 e. The Hall–Kier alpha value is -1.16. The molecule has 20 heavy (non-hydrogen) atoms. The lowest BCUT2D eigenvalue weighted by Crippen LogP contribution is -2.31. The van der Waals surface area contributed by atoms with Gasteiger partial charge in [0, 0.05) is 18.8 Å². The third-order valence-electron chi connectivity index (χ3n) is 4.30. The highest BCUT2D eigenvalue weighted by Gasteiger charge is 2.33. The zero-order valence-electron chi connectivity index (χ0n) is 11.4. The third-order valence-corrected chi connectivity index (χ3v) is 4.49. The molecule has 0 radical (unpaired) electrons. The van der Waals surface area contributed by atoms with Crippen molar-refractivity contribution >= 4 is 22.6 Å². The van der Waals surface area contributed by atoms with E-state index < -0.39 is 11.6 Å². The van der Waals surface area contributed by atoms with E-state index in [2.05, 4.69) is 11.9 Å². The van der Waals surface area contributed by atoms with Gasteiger partial charge in [-0.05, 0) is 30.4 Å². The van der Waals surface area contributed by atoms with Crippen LogP contribution in [0.3, 0.4) is 0 Å². The lowest BCUT2D eigenvalue weighted by Gasteiger charge is -2.39. The molecular formula is C15H17ClF2N2. The fourth-order valence-electron chi connectivity index (χ4n) is 2.97.